The number of pyridine rings is 1. The number of fused-ring (bicyclic) bond motifs is 1. The maximum atomic E-state index is 12.4. The molecule has 0 radical (unpaired) electrons. The lowest BCUT2D eigenvalue weighted by Crippen LogP contribution is -2.34. The summed E-state index contributed by atoms with van der Waals surface area (Å²) in [5.74, 6) is 0.881. The summed E-state index contributed by atoms with van der Waals surface area (Å²) in [4.78, 5) is 19.6. The Labute approximate surface area is 150 Å². The first-order chi connectivity index (χ1) is 12.5. The van der Waals surface area contributed by atoms with E-state index in [0.717, 1.165) is 31.1 Å². The van der Waals surface area contributed by atoms with Gasteiger partial charge in [0.05, 0.1) is 11.7 Å². The average molecular weight is 354 g/mol. The molecule has 0 atom stereocenters. The van der Waals surface area contributed by atoms with Gasteiger partial charge in [0, 0.05) is 23.1 Å². The van der Waals surface area contributed by atoms with Gasteiger partial charge < -0.3 is 15.2 Å². The van der Waals surface area contributed by atoms with E-state index in [1.807, 2.05) is 13.8 Å². The first-order valence-electron chi connectivity index (χ1n) is 8.88. The molecule has 3 aromatic heterocycles. The van der Waals surface area contributed by atoms with Crippen LogP contribution in [-0.4, -0.2) is 24.9 Å². The van der Waals surface area contributed by atoms with Crippen LogP contribution in [0.1, 0.15) is 62.9 Å². The van der Waals surface area contributed by atoms with Crippen molar-refractivity contribution in [3.63, 3.8) is 0 Å². The van der Waals surface area contributed by atoms with Gasteiger partial charge in [-0.1, -0.05) is 18.0 Å². The molecule has 4 rings (SSSR count). The van der Waals surface area contributed by atoms with E-state index in [1.54, 1.807) is 29.1 Å². The van der Waals surface area contributed by atoms with Crippen molar-refractivity contribution in [2.24, 2.45) is 5.73 Å². The molecule has 26 heavy (non-hydrogen) atoms. The Bertz CT molecular complexity index is 1020. The molecule has 136 valence electrons. The molecule has 0 spiro atoms. The van der Waals surface area contributed by atoms with E-state index in [1.165, 1.54) is 0 Å². The number of rotatable bonds is 4. The fourth-order valence-corrected chi connectivity index (χ4v) is 3.43. The summed E-state index contributed by atoms with van der Waals surface area (Å²) in [6, 6.07) is 1.97. The van der Waals surface area contributed by atoms with E-state index in [-0.39, 0.29) is 11.6 Å². The molecule has 3 N–H and O–H groups in total. The van der Waals surface area contributed by atoms with Crippen LogP contribution in [0.4, 0.5) is 0 Å². The highest BCUT2D eigenvalue weighted by atomic mass is 16.5. The number of nitrogens with zero attached hydrogens (tertiary/aromatic N) is 4. The Morgan fingerprint density at radius 3 is 2.85 bits per heavy atom. The molecule has 1 aliphatic carbocycles. The van der Waals surface area contributed by atoms with Gasteiger partial charge in [-0.15, -0.1) is 0 Å². The van der Waals surface area contributed by atoms with Crippen molar-refractivity contribution in [3.05, 3.63) is 39.9 Å². The summed E-state index contributed by atoms with van der Waals surface area (Å²) >= 11 is 0. The van der Waals surface area contributed by atoms with Crippen LogP contribution in [0.25, 0.3) is 23.2 Å². The smallest absolute Gasteiger partial charge is 0.256 e. The quantitative estimate of drug-likeness (QED) is 0.744. The molecule has 1 aliphatic rings. The summed E-state index contributed by atoms with van der Waals surface area (Å²) in [6.07, 6.45) is 8.94. The minimum Gasteiger partial charge on any atom is -0.335 e. The lowest BCUT2D eigenvalue weighted by Gasteiger charge is -2.17. The van der Waals surface area contributed by atoms with Crippen LogP contribution in [0.3, 0.4) is 0 Å². The molecule has 0 amide bonds. The van der Waals surface area contributed by atoms with E-state index in [4.69, 9.17) is 10.3 Å². The molecule has 8 nitrogen and oxygen atoms in total. The Morgan fingerprint density at radius 2 is 2.12 bits per heavy atom. The van der Waals surface area contributed by atoms with Gasteiger partial charge in [-0.25, -0.2) is 4.68 Å². The van der Waals surface area contributed by atoms with Crippen molar-refractivity contribution in [1.29, 1.82) is 0 Å². The molecule has 0 aromatic carbocycles. The van der Waals surface area contributed by atoms with Gasteiger partial charge in [-0.2, -0.15) is 10.1 Å². The van der Waals surface area contributed by atoms with E-state index in [9.17, 15) is 4.79 Å². The van der Waals surface area contributed by atoms with Gasteiger partial charge in [0.15, 0.2) is 5.82 Å². The average Bonchev–Trinajstić information content (AvgIpc) is 3.32. The van der Waals surface area contributed by atoms with Crippen LogP contribution in [0, 0.1) is 0 Å². The highest BCUT2D eigenvalue weighted by Gasteiger charge is 2.35. The van der Waals surface area contributed by atoms with E-state index < -0.39 is 5.54 Å². The van der Waals surface area contributed by atoms with Crippen LogP contribution >= 0.6 is 0 Å². The summed E-state index contributed by atoms with van der Waals surface area (Å²) in [5, 5.41) is 9.21. The van der Waals surface area contributed by atoms with Gasteiger partial charge >= 0.3 is 0 Å². The molecule has 1 saturated carbocycles. The molecule has 8 heteroatoms. The van der Waals surface area contributed by atoms with Crippen LogP contribution in [0.5, 0.6) is 0 Å². The zero-order valence-corrected chi connectivity index (χ0v) is 14.9. The number of nitrogens with two attached hydrogens (primary N) is 1. The topological polar surface area (TPSA) is 116 Å². The van der Waals surface area contributed by atoms with Crippen molar-refractivity contribution in [2.45, 2.75) is 51.1 Å². The number of nitrogens with one attached hydrogen (secondary N) is 1. The third-order valence-electron chi connectivity index (χ3n) is 4.91. The van der Waals surface area contributed by atoms with Crippen molar-refractivity contribution < 1.29 is 4.52 Å². The molecular weight excluding hydrogens is 332 g/mol. The SMILES string of the molecule is CC(C)n1ncc2cc(/C=C/c3nc(C4(N)CCCC4)no3)c(=O)[nH]c21. The number of hydrogen-bond donors (Lipinski definition) is 2. The molecule has 0 bridgehead atoms. The first-order valence-corrected chi connectivity index (χ1v) is 8.88. The highest BCUT2D eigenvalue weighted by molar-refractivity contribution is 5.79. The predicted molar refractivity (Wildman–Crippen MR) is 98.3 cm³/mol. The van der Waals surface area contributed by atoms with E-state index >= 15 is 0 Å². The maximum Gasteiger partial charge on any atom is 0.256 e. The lowest BCUT2D eigenvalue weighted by molar-refractivity contribution is 0.364. The summed E-state index contributed by atoms with van der Waals surface area (Å²) in [7, 11) is 0. The van der Waals surface area contributed by atoms with Crippen LogP contribution < -0.4 is 11.3 Å². The van der Waals surface area contributed by atoms with Gasteiger partial charge in [0.2, 0.25) is 0 Å². The molecule has 3 heterocycles. The van der Waals surface area contributed by atoms with Crippen LogP contribution in [0.2, 0.25) is 0 Å². The van der Waals surface area contributed by atoms with E-state index in [2.05, 4.69) is 20.2 Å². The Morgan fingerprint density at radius 1 is 1.35 bits per heavy atom. The van der Waals surface area contributed by atoms with Crippen molar-refractivity contribution in [1.82, 2.24) is 24.9 Å². The zero-order chi connectivity index (χ0) is 18.3. The van der Waals surface area contributed by atoms with Gasteiger partial charge in [-0.3, -0.25) is 4.79 Å². The summed E-state index contributed by atoms with van der Waals surface area (Å²) in [5.41, 5.74) is 6.88. The zero-order valence-electron chi connectivity index (χ0n) is 14.9. The third kappa shape index (κ3) is 2.86. The number of H-pyrrole nitrogens is 1. The second-order valence-corrected chi connectivity index (χ2v) is 7.19. The number of aromatic nitrogens is 5. The highest BCUT2D eigenvalue weighted by Crippen LogP contribution is 2.34. The molecule has 0 saturated heterocycles. The molecular formula is C18H22N6O2. The summed E-state index contributed by atoms with van der Waals surface area (Å²) < 4.78 is 7.06. The molecule has 1 fully saturated rings. The van der Waals surface area contributed by atoms with Crippen molar-refractivity contribution in [2.75, 3.05) is 0 Å². The number of hydrogen-bond acceptors (Lipinski definition) is 6. The van der Waals surface area contributed by atoms with Crippen molar-refractivity contribution >= 4 is 23.2 Å². The molecule has 3 aromatic rings. The van der Waals surface area contributed by atoms with Gasteiger partial charge in [-0.05, 0) is 38.8 Å². The third-order valence-corrected chi connectivity index (χ3v) is 4.91. The predicted octanol–water partition coefficient (Wildman–Crippen LogP) is 2.59. The van der Waals surface area contributed by atoms with Crippen LogP contribution in [0.15, 0.2) is 21.6 Å². The largest absolute Gasteiger partial charge is 0.335 e. The van der Waals surface area contributed by atoms with Crippen LogP contribution in [-0.2, 0) is 5.54 Å². The van der Waals surface area contributed by atoms with E-state index in [0.29, 0.717) is 22.9 Å². The summed E-state index contributed by atoms with van der Waals surface area (Å²) in [6.45, 7) is 4.03. The van der Waals surface area contributed by atoms with Crippen molar-refractivity contribution in [3.8, 4) is 0 Å². The Kier molecular flexibility index (Phi) is 3.99. The second-order valence-electron chi connectivity index (χ2n) is 7.19. The fourth-order valence-electron chi connectivity index (χ4n) is 3.43. The lowest BCUT2D eigenvalue weighted by atomic mass is 9.99. The number of aromatic amines is 1. The minimum atomic E-state index is -0.489. The Balaban J connectivity index is 1.62. The first kappa shape index (κ1) is 16.7. The fraction of sp³-hybridized carbons (Fsp3) is 0.444. The monoisotopic (exact) mass is 354 g/mol. The Hall–Kier alpha value is -2.74. The minimum absolute atomic E-state index is 0.167. The van der Waals surface area contributed by atoms with Gasteiger partial charge in [0.25, 0.3) is 11.4 Å². The standard InChI is InChI=1S/C18H22N6O2/c1-11(2)24-15-13(10-20-24)9-12(16(25)22-15)5-6-14-21-17(23-26-14)18(19)7-3-4-8-18/h5-6,9-11H,3-4,7-8,19H2,1-2H3,(H,22,25)/b6-5+. The van der Waals surface area contributed by atoms with Gasteiger partial charge in [0.1, 0.15) is 5.65 Å². The second kappa shape index (κ2) is 6.21. The molecule has 0 aliphatic heterocycles. The normalized spacial score (nSPS) is 17.1. The maximum absolute atomic E-state index is 12.4. The molecule has 0 unspecified atom stereocenters.